The molecule has 6 nitrogen and oxygen atoms in total. The second-order valence-electron chi connectivity index (χ2n) is 7.12. The van der Waals surface area contributed by atoms with Crippen LogP contribution < -0.4 is 5.32 Å². The summed E-state index contributed by atoms with van der Waals surface area (Å²) in [7, 11) is 0. The van der Waals surface area contributed by atoms with Gasteiger partial charge in [0, 0.05) is 0 Å². The fourth-order valence-electron chi connectivity index (χ4n) is 3.81. The Morgan fingerprint density at radius 2 is 2.08 bits per heavy atom. The van der Waals surface area contributed by atoms with Gasteiger partial charge in [-0.05, 0) is 24.3 Å². The van der Waals surface area contributed by atoms with Crippen LogP contribution in [0.2, 0.25) is 0 Å². The van der Waals surface area contributed by atoms with E-state index in [4.69, 9.17) is 4.74 Å². The molecule has 3 unspecified atom stereocenters. The number of carbonyl (C=O) groups is 2. The van der Waals surface area contributed by atoms with Crippen molar-refractivity contribution in [2.45, 2.75) is 50.9 Å². The first kappa shape index (κ1) is 17.9. The van der Waals surface area contributed by atoms with Gasteiger partial charge in [0.15, 0.2) is 0 Å². The Bertz CT molecular complexity index is 621. The topological polar surface area (TPSA) is 78.9 Å². The third-order valence-corrected chi connectivity index (χ3v) is 5.32. The maximum absolute atomic E-state index is 12.8. The molecule has 1 aliphatic heterocycles. The molecule has 1 aliphatic carbocycles. The molecule has 3 rings (SSSR count). The van der Waals surface area contributed by atoms with Crippen molar-refractivity contribution in [2.75, 3.05) is 13.2 Å². The van der Waals surface area contributed by atoms with E-state index in [0.717, 1.165) is 29.7 Å². The molecule has 6 heteroatoms. The van der Waals surface area contributed by atoms with Crippen LogP contribution in [0.4, 0.5) is 4.79 Å². The maximum Gasteiger partial charge on any atom is 0.325 e. The Kier molecular flexibility index (Phi) is 5.39. The summed E-state index contributed by atoms with van der Waals surface area (Å²) in [4.78, 5) is 26.3. The van der Waals surface area contributed by atoms with E-state index in [1.807, 2.05) is 37.3 Å². The van der Waals surface area contributed by atoms with Gasteiger partial charge in [0.1, 0.15) is 5.54 Å². The van der Waals surface area contributed by atoms with Gasteiger partial charge in [-0.15, -0.1) is 0 Å². The minimum absolute atomic E-state index is 0.0338. The zero-order chi connectivity index (χ0) is 17.9. The number of aliphatic hydroxyl groups is 1. The van der Waals surface area contributed by atoms with Gasteiger partial charge < -0.3 is 15.2 Å². The SMILES string of the molecule is CC1CCCCC12NC(=O)N(CC(O)COCc1ccccc1)C2=O. The van der Waals surface area contributed by atoms with Gasteiger partial charge in [0.05, 0.1) is 25.9 Å². The Labute approximate surface area is 148 Å². The molecular formula is C19H26N2O4. The van der Waals surface area contributed by atoms with E-state index in [-0.39, 0.29) is 25.0 Å². The minimum atomic E-state index is -0.896. The predicted octanol–water partition coefficient (Wildman–Crippen LogP) is 2.06. The number of hydrogen-bond donors (Lipinski definition) is 2. The fraction of sp³-hybridized carbons (Fsp3) is 0.579. The highest BCUT2D eigenvalue weighted by Crippen LogP contribution is 2.38. The maximum atomic E-state index is 12.8. The summed E-state index contributed by atoms with van der Waals surface area (Å²) in [6.07, 6.45) is 2.74. The van der Waals surface area contributed by atoms with Crippen LogP contribution in [0.5, 0.6) is 0 Å². The molecule has 1 aromatic rings. The van der Waals surface area contributed by atoms with Gasteiger partial charge in [-0.2, -0.15) is 0 Å². The van der Waals surface area contributed by atoms with Crippen molar-refractivity contribution in [1.29, 1.82) is 0 Å². The summed E-state index contributed by atoms with van der Waals surface area (Å²) < 4.78 is 5.50. The number of carbonyl (C=O) groups excluding carboxylic acids is 2. The fourth-order valence-corrected chi connectivity index (χ4v) is 3.81. The van der Waals surface area contributed by atoms with Gasteiger partial charge in [0.25, 0.3) is 5.91 Å². The van der Waals surface area contributed by atoms with E-state index < -0.39 is 17.7 Å². The molecule has 2 N–H and O–H groups in total. The molecular weight excluding hydrogens is 320 g/mol. The second kappa shape index (κ2) is 7.54. The Morgan fingerprint density at radius 3 is 2.80 bits per heavy atom. The molecule has 1 heterocycles. The van der Waals surface area contributed by atoms with Crippen molar-refractivity contribution in [3.63, 3.8) is 0 Å². The van der Waals surface area contributed by atoms with Crippen LogP contribution in [0.25, 0.3) is 0 Å². The van der Waals surface area contributed by atoms with Crippen LogP contribution in [-0.2, 0) is 16.1 Å². The van der Waals surface area contributed by atoms with Crippen molar-refractivity contribution >= 4 is 11.9 Å². The van der Waals surface area contributed by atoms with Crippen molar-refractivity contribution in [2.24, 2.45) is 5.92 Å². The molecule has 136 valence electrons. The number of imide groups is 1. The van der Waals surface area contributed by atoms with Crippen LogP contribution >= 0.6 is 0 Å². The molecule has 1 spiro atoms. The van der Waals surface area contributed by atoms with E-state index in [9.17, 15) is 14.7 Å². The van der Waals surface area contributed by atoms with Crippen molar-refractivity contribution in [1.82, 2.24) is 10.2 Å². The van der Waals surface area contributed by atoms with Crippen LogP contribution in [0.3, 0.4) is 0 Å². The first-order valence-electron chi connectivity index (χ1n) is 8.97. The highest BCUT2D eigenvalue weighted by atomic mass is 16.5. The molecule has 3 amide bonds. The molecule has 2 fully saturated rings. The van der Waals surface area contributed by atoms with E-state index in [1.54, 1.807) is 0 Å². The Hall–Kier alpha value is -1.92. The third-order valence-electron chi connectivity index (χ3n) is 5.32. The highest BCUT2D eigenvalue weighted by Gasteiger charge is 2.54. The van der Waals surface area contributed by atoms with Gasteiger partial charge in [0.2, 0.25) is 0 Å². The van der Waals surface area contributed by atoms with E-state index in [1.165, 1.54) is 0 Å². The molecule has 1 saturated heterocycles. The normalized spacial score (nSPS) is 27.6. The number of urea groups is 1. The lowest BCUT2D eigenvalue weighted by molar-refractivity contribution is -0.135. The zero-order valence-electron chi connectivity index (χ0n) is 14.6. The number of nitrogens with one attached hydrogen (secondary N) is 1. The van der Waals surface area contributed by atoms with Gasteiger partial charge in [-0.3, -0.25) is 9.69 Å². The Balaban J connectivity index is 1.53. The van der Waals surface area contributed by atoms with Gasteiger partial charge in [-0.25, -0.2) is 4.79 Å². The van der Waals surface area contributed by atoms with Crippen LogP contribution in [0, 0.1) is 5.92 Å². The zero-order valence-corrected chi connectivity index (χ0v) is 14.6. The smallest absolute Gasteiger partial charge is 0.325 e. The lowest BCUT2D eigenvalue weighted by Gasteiger charge is -2.36. The van der Waals surface area contributed by atoms with Crippen molar-refractivity contribution in [3.05, 3.63) is 35.9 Å². The molecule has 2 aliphatic rings. The first-order valence-corrected chi connectivity index (χ1v) is 8.97. The summed E-state index contributed by atoms with van der Waals surface area (Å²) in [6, 6.07) is 9.26. The molecule has 1 saturated carbocycles. The number of nitrogens with zero attached hydrogens (tertiary/aromatic N) is 1. The van der Waals surface area contributed by atoms with Gasteiger partial charge >= 0.3 is 6.03 Å². The number of benzene rings is 1. The number of β-amino-alcohol motifs (C(OH)–C–C–N with tert-alkyl or cyclic N) is 1. The number of rotatable bonds is 6. The monoisotopic (exact) mass is 346 g/mol. The number of aliphatic hydroxyl groups excluding tert-OH is 1. The Morgan fingerprint density at radius 1 is 1.32 bits per heavy atom. The molecule has 0 aromatic heterocycles. The minimum Gasteiger partial charge on any atom is -0.389 e. The summed E-state index contributed by atoms with van der Waals surface area (Å²) in [5.74, 6) is -0.0824. The number of hydrogen-bond acceptors (Lipinski definition) is 4. The number of ether oxygens (including phenoxy) is 1. The predicted molar refractivity (Wildman–Crippen MR) is 92.7 cm³/mol. The standard InChI is InChI=1S/C19H26N2O4/c1-14-7-5-6-10-19(14)17(23)21(18(24)20-19)11-16(22)13-25-12-15-8-3-2-4-9-15/h2-4,8-9,14,16,22H,5-7,10-13H2,1H3,(H,20,24). The van der Waals surface area contributed by atoms with Crippen molar-refractivity contribution in [3.8, 4) is 0 Å². The summed E-state index contributed by atoms with van der Waals surface area (Å²) >= 11 is 0. The van der Waals surface area contributed by atoms with E-state index >= 15 is 0 Å². The van der Waals surface area contributed by atoms with Crippen LogP contribution in [0.15, 0.2) is 30.3 Å². The average molecular weight is 346 g/mol. The lowest BCUT2D eigenvalue weighted by Crippen LogP contribution is -2.54. The summed E-state index contributed by atoms with van der Waals surface area (Å²) in [5, 5.41) is 13.1. The molecule has 1 aromatic carbocycles. The largest absolute Gasteiger partial charge is 0.389 e. The van der Waals surface area contributed by atoms with E-state index in [2.05, 4.69) is 5.32 Å². The lowest BCUT2D eigenvalue weighted by atomic mass is 9.73. The summed E-state index contributed by atoms with van der Waals surface area (Å²) in [6.45, 7) is 2.45. The number of amides is 3. The molecule has 3 atom stereocenters. The first-order chi connectivity index (χ1) is 12.0. The second-order valence-corrected chi connectivity index (χ2v) is 7.12. The molecule has 25 heavy (non-hydrogen) atoms. The highest BCUT2D eigenvalue weighted by molar-refractivity contribution is 6.07. The van der Waals surface area contributed by atoms with E-state index in [0.29, 0.717) is 13.0 Å². The quantitative estimate of drug-likeness (QED) is 0.773. The van der Waals surface area contributed by atoms with Gasteiger partial charge in [-0.1, -0.05) is 50.1 Å². The molecule has 0 bridgehead atoms. The van der Waals surface area contributed by atoms with Crippen LogP contribution in [-0.4, -0.2) is 46.7 Å². The molecule has 0 radical (unpaired) electrons. The summed E-state index contributed by atoms with van der Waals surface area (Å²) in [5.41, 5.74) is 0.236. The third kappa shape index (κ3) is 3.70. The average Bonchev–Trinajstić information content (AvgIpc) is 2.84. The van der Waals surface area contributed by atoms with Crippen molar-refractivity contribution < 1.29 is 19.4 Å². The van der Waals surface area contributed by atoms with Crippen LogP contribution in [0.1, 0.15) is 38.2 Å².